The molecule has 1 aromatic heterocycles. The van der Waals surface area contributed by atoms with E-state index >= 15 is 0 Å². The molecule has 0 bridgehead atoms. The molecule has 0 radical (unpaired) electrons. The van der Waals surface area contributed by atoms with E-state index < -0.39 is 6.04 Å². The van der Waals surface area contributed by atoms with Crippen molar-refractivity contribution in [3.8, 4) is 6.07 Å². The number of hydrogen-bond donors (Lipinski definition) is 1. The van der Waals surface area contributed by atoms with Crippen molar-refractivity contribution < 1.29 is 4.79 Å². The second kappa shape index (κ2) is 5.78. The minimum Gasteiger partial charge on any atom is -0.331 e. The maximum atomic E-state index is 11.9. The van der Waals surface area contributed by atoms with Crippen LogP contribution in [0, 0.1) is 18.3 Å². The predicted molar refractivity (Wildman–Crippen MR) is 71.2 cm³/mol. The first-order valence-corrected chi connectivity index (χ1v) is 5.89. The third-order valence-corrected chi connectivity index (χ3v) is 2.71. The molecular formula is C15H13N3O. The molecule has 4 heteroatoms. The molecule has 0 spiro atoms. The maximum Gasteiger partial charge on any atom is 0.271 e. The van der Waals surface area contributed by atoms with Gasteiger partial charge in [-0.1, -0.05) is 35.9 Å². The van der Waals surface area contributed by atoms with Crippen LogP contribution in [0.5, 0.6) is 0 Å². The maximum absolute atomic E-state index is 11.9. The van der Waals surface area contributed by atoms with Gasteiger partial charge >= 0.3 is 0 Å². The average Bonchev–Trinajstić information content (AvgIpc) is 2.46. The van der Waals surface area contributed by atoms with E-state index in [1.165, 1.54) is 0 Å². The van der Waals surface area contributed by atoms with Crippen molar-refractivity contribution in [2.75, 3.05) is 0 Å². The monoisotopic (exact) mass is 251 g/mol. The molecule has 0 aliphatic carbocycles. The van der Waals surface area contributed by atoms with E-state index in [9.17, 15) is 4.79 Å². The number of nitriles is 1. The number of carbonyl (C=O) groups excluding carboxylic acids is 1. The second-order valence-electron chi connectivity index (χ2n) is 4.16. The number of aromatic nitrogens is 1. The number of aryl methyl sites for hydroxylation is 1. The smallest absolute Gasteiger partial charge is 0.271 e. The number of amides is 1. The van der Waals surface area contributed by atoms with Gasteiger partial charge < -0.3 is 5.32 Å². The van der Waals surface area contributed by atoms with Gasteiger partial charge in [0.05, 0.1) is 6.07 Å². The Hall–Kier alpha value is -2.67. The minimum absolute atomic E-state index is 0.301. The number of pyridine rings is 1. The highest BCUT2D eigenvalue weighted by Crippen LogP contribution is 2.13. The van der Waals surface area contributed by atoms with Gasteiger partial charge in [-0.05, 0) is 24.6 Å². The van der Waals surface area contributed by atoms with Gasteiger partial charge in [0.25, 0.3) is 5.91 Å². The minimum atomic E-state index is -0.671. The molecule has 1 heterocycles. The van der Waals surface area contributed by atoms with Gasteiger partial charge in [-0.3, -0.25) is 9.78 Å². The number of hydrogen-bond acceptors (Lipinski definition) is 3. The SMILES string of the molecule is Cc1ccc(C(C#N)NC(=O)c2ccccn2)cc1. The van der Waals surface area contributed by atoms with Gasteiger partial charge in [-0.15, -0.1) is 0 Å². The number of rotatable bonds is 3. The molecule has 0 saturated heterocycles. The molecule has 0 aliphatic heterocycles. The molecule has 1 aromatic carbocycles. The first kappa shape index (κ1) is 12.8. The average molecular weight is 251 g/mol. The molecule has 1 unspecified atom stereocenters. The number of nitrogens with zero attached hydrogens (tertiary/aromatic N) is 2. The zero-order valence-corrected chi connectivity index (χ0v) is 10.5. The standard InChI is InChI=1S/C15H13N3O/c1-11-5-7-12(8-6-11)14(10-16)18-15(19)13-4-2-3-9-17-13/h2-9,14H,1H3,(H,18,19). The van der Waals surface area contributed by atoms with Crippen LogP contribution >= 0.6 is 0 Å². The van der Waals surface area contributed by atoms with Crippen molar-refractivity contribution in [1.29, 1.82) is 5.26 Å². The zero-order valence-electron chi connectivity index (χ0n) is 10.5. The van der Waals surface area contributed by atoms with Gasteiger partial charge in [0, 0.05) is 6.20 Å². The molecule has 0 saturated carbocycles. The van der Waals surface area contributed by atoms with E-state index in [0.717, 1.165) is 11.1 Å². The highest BCUT2D eigenvalue weighted by Gasteiger charge is 2.15. The van der Waals surface area contributed by atoms with Gasteiger partial charge in [-0.2, -0.15) is 5.26 Å². The molecule has 0 aliphatic rings. The molecular weight excluding hydrogens is 238 g/mol. The third-order valence-electron chi connectivity index (χ3n) is 2.71. The summed E-state index contributed by atoms with van der Waals surface area (Å²) in [5.74, 6) is -0.354. The summed E-state index contributed by atoms with van der Waals surface area (Å²) in [6.07, 6.45) is 1.54. The van der Waals surface area contributed by atoms with E-state index in [1.54, 1.807) is 24.4 Å². The van der Waals surface area contributed by atoms with Crippen LogP contribution in [-0.2, 0) is 0 Å². The Kier molecular flexibility index (Phi) is 3.89. The fraction of sp³-hybridized carbons (Fsp3) is 0.133. The van der Waals surface area contributed by atoms with Crippen molar-refractivity contribution in [1.82, 2.24) is 10.3 Å². The molecule has 2 rings (SSSR count). The fourth-order valence-corrected chi connectivity index (χ4v) is 1.65. The van der Waals surface area contributed by atoms with Gasteiger partial charge in [-0.25, -0.2) is 0 Å². The van der Waals surface area contributed by atoms with Crippen molar-refractivity contribution in [3.63, 3.8) is 0 Å². The Morgan fingerprint density at radius 3 is 2.58 bits per heavy atom. The lowest BCUT2D eigenvalue weighted by molar-refractivity contribution is 0.0940. The predicted octanol–water partition coefficient (Wildman–Crippen LogP) is 2.38. The van der Waals surface area contributed by atoms with E-state index in [4.69, 9.17) is 5.26 Å². The summed E-state index contributed by atoms with van der Waals surface area (Å²) in [4.78, 5) is 15.9. The van der Waals surface area contributed by atoms with Crippen LogP contribution in [0.25, 0.3) is 0 Å². The number of benzene rings is 1. The lowest BCUT2D eigenvalue weighted by Crippen LogP contribution is -2.28. The van der Waals surface area contributed by atoms with Gasteiger partial charge in [0.1, 0.15) is 11.7 Å². The molecule has 1 N–H and O–H groups in total. The summed E-state index contributed by atoms with van der Waals surface area (Å²) in [7, 11) is 0. The van der Waals surface area contributed by atoms with Crippen molar-refractivity contribution in [2.45, 2.75) is 13.0 Å². The van der Waals surface area contributed by atoms with Gasteiger partial charge in [0.15, 0.2) is 0 Å². The van der Waals surface area contributed by atoms with Crippen LogP contribution in [-0.4, -0.2) is 10.9 Å². The molecule has 2 aromatic rings. The van der Waals surface area contributed by atoms with E-state index in [1.807, 2.05) is 31.2 Å². The Balaban J connectivity index is 2.14. The topological polar surface area (TPSA) is 65.8 Å². The summed E-state index contributed by atoms with van der Waals surface area (Å²) in [6, 6.07) is 14.0. The molecule has 0 fully saturated rings. The fourth-order valence-electron chi connectivity index (χ4n) is 1.65. The van der Waals surface area contributed by atoms with Crippen LogP contribution in [0.4, 0.5) is 0 Å². The lowest BCUT2D eigenvalue weighted by Gasteiger charge is -2.11. The van der Waals surface area contributed by atoms with Crippen LogP contribution in [0.1, 0.15) is 27.7 Å². The van der Waals surface area contributed by atoms with Crippen LogP contribution in [0.2, 0.25) is 0 Å². The highest BCUT2D eigenvalue weighted by molar-refractivity contribution is 5.92. The van der Waals surface area contributed by atoms with Crippen LogP contribution < -0.4 is 5.32 Å². The third kappa shape index (κ3) is 3.17. The second-order valence-corrected chi connectivity index (χ2v) is 4.16. The quantitative estimate of drug-likeness (QED) is 0.910. The van der Waals surface area contributed by atoms with Crippen LogP contribution in [0.3, 0.4) is 0 Å². The molecule has 1 atom stereocenters. The summed E-state index contributed by atoms with van der Waals surface area (Å²) in [5.41, 5.74) is 2.17. The Morgan fingerprint density at radius 1 is 1.26 bits per heavy atom. The lowest BCUT2D eigenvalue weighted by atomic mass is 10.1. The van der Waals surface area contributed by atoms with Crippen molar-refractivity contribution in [2.24, 2.45) is 0 Å². The largest absolute Gasteiger partial charge is 0.331 e. The number of nitrogens with one attached hydrogen (secondary N) is 1. The molecule has 1 amide bonds. The van der Waals surface area contributed by atoms with Gasteiger partial charge in [0.2, 0.25) is 0 Å². The summed E-state index contributed by atoms with van der Waals surface area (Å²) < 4.78 is 0. The Morgan fingerprint density at radius 2 is 2.00 bits per heavy atom. The van der Waals surface area contributed by atoms with E-state index in [-0.39, 0.29) is 5.91 Å². The normalized spacial score (nSPS) is 11.4. The van der Waals surface area contributed by atoms with Crippen molar-refractivity contribution >= 4 is 5.91 Å². The Labute approximate surface area is 111 Å². The Bertz CT molecular complexity index is 600. The zero-order chi connectivity index (χ0) is 13.7. The van der Waals surface area contributed by atoms with Crippen LogP contribution in [0.15, 0.2) is 48.7 Å². The highest BCUT2D eigenvalue weighted by atomic mass is 16.1. The van der Waals surface area contributed by atoms with E-state index in [2.05, 4.69) is 16.4 Å². The molecule has 4 nitrogen and oxygen atoms in total. The number of carbonyl (C=O) groups is 1. The summed E-state index contributed by atoms with van der Waals surface area (Å²) in [6.45, 7) is 1.97. The first-order chi connectivity index (χ1) is 9.20. The molecule has 94 valence electrons. The van der Waals surface area contributed by atoms with E-state index in [0.29, 0.717) is 5.69 Å². The molecule has 19 heavy (non-hydrogen) atoms. The summed E-state index contributed by atoms with van der Waals surface area (Å²) >= 11 is 0. The first-order valence-electron chi connectivity index (χ1n) is 5.89. The summed E-state index contributed by atoms with van der Waals surface area (Å²) in [5, 5.41) is 11.8. The van der Waals surface area contributed by atoms with Crippen molar-refractivity contribution in [3.05, 3.63) is 65.5 Å².